The molecule has 5 rings (SSSR count). The van der Waals surface area contributed by atoms with Gasteiger partial charge in [-0.15, -0.1) is 0 Å². The molecule has 2 N–H and O–H groups in total. The number of nitrogens with one attached hydrogen (secondary N) is 2. The maximum Gasteiger partial charge on any atom is 0.203 e. The molecule has 0 fully saturated rings. The number of aryl methyl sites for hydroxylation is 5. The minimum atomic E-state index is 0.572. The lowest BCUT2D eigenvalue weighted by atomic mass is 10.1. The zero-order valence-corrected chi connectivity index (χ0v) is 17.2. The van der Waals surface area contributed by atoms with Crippen LogP contribution in [0.5, 0.6) is 0 Å². The van der Waals surface area contributed by atoms with Gasteiger partial charge < -0.3 is 14.1 Å². The Morgan fingerprint density at radius 2 is 1.40 bits per heavy atom. The smallest absolute Gasteiger partial charge is 0.203 e. The number of para-hydroxylation sites is 3. The van der Waals surface area contributed by atoms with Gasteiger partial charge in [-0.25, -0.2) is 0 Å². The second-order valence-electron chi connectivity index (χ2n) is 7.96. The van der Waals surface area contributed by atoms with Gasteiger partial charge in [0, 0.05) is 30.2 Å². The Morgan fingerprint density at radius 3 is 2.13 bits per heavy atom. The molecule has 30 heavy (non-hydrogen) atoms. The molecule has 5 aromatic rings. The highest BCUT2D eigenvalue weighted by Crippen LogP contribution is 2.20. The molecule has 0 unspecified atom stereocenters. The van der Waals surface area contributed by atoms with Crippen LogP contribution in [0.4, 0.5) is 0 Å². The van der Waals surface area contributed by atoms with Gasteiger partial charge in [-0.2, -0.15) is 0 Å². The summed E-state index contributed by atoms with van der Waals surface area (Å²) >= 11 is 0. The van der Waals surface area contributed by atoms with Gasteiger partial charge in [0.2, 0.25) is 5.62 Å². The largest absolute Gasteiger partial charge is 0.361 e. The van der Waals surface area contributed by atoms with E-state index in [0.29, 0.717) is 5.62 Å². The number of hydrogen-bond donors (Lipinski definition) is 2. The monoisotopic (exact) mass is 394 g/mol. The number of rotatable bonds is 6. The molecule has 0 aliphatic rings. The molecule has 0 aliphatic carbocycles. The molecule has 0 bridgehead atoms. The first-order chi connectivity index (χ1) is 14.7. The third kappa shape index (κ3) is 3.35. The maximum atomic E-state index is 8.88. The van der Waals surface area contributed by atoms with E-state index in [1.54, 1.807) is 0 Å². The van der Waals surface area contributed by atoms with Crippen molar-refractivity contribution in [3.63, 3.8) is 0 Å². The van der Waals surface area contributed by atoms with Crippen LogP contribution in [0.25, 0.3) is 21.9 Å². The first kappa shape index (κ1) is 18.5. The molecule has 0 atom stereocenters. The Hall–Kier alpha value is -3.53. The third-order valence-corrected chi connectivity index (χ3v) is 6.00. The van der Waals surface area contributed by atoms with Crippen LogP contribution in [0.15, 0.2) is 79.0 Å². The minimum Gasteiger partial charge on any atom is -0.361 e. The van der Waals surface area contributed by atoms with E-state index in [2.05, 4.69) is 100 Å². The number of aromatic nitrogens is 3. The number of nitrogens with zero attached hydrogens (tertiary/aromatic N) is 2. The molecule has 2 heterocycles. The number of benzene rings is 3. The average molecular weight is 395 g/mol. The summed E-state index contributed by atoms with van der Waals surface area (Å²) in [5.74, 6) is 0. The van der Waals surface area contributed by atoms with Gasteiger partial charge in [0.25, 0.3) is 0 Å². The molecule has 0 spiro atoms. The van der Waals surface area contributed by atoms with E-state index >= 15 is 0 Å². The zero-order chi connectivity index (χ0) is 20.5. The SMILES string of the molecule is Cc1ccc(CCn2c(=N)n(CCc3c[nH]c4ccccc34)c3ccccc32)cc1. The maximum absolute atomic E-state index is 8.88. The second-order valence-corrected chi connectivity index (χ2v) is 7.96. The van der Waals surface area contributed by atoms with E-state index in [9.17, 15) is 0 Å². The number of H-pyrrole nitrogens is 1. The quantitative estimate of drug-likeness (QED) is 0.398. The van der Waals surface area contributed by atoms with Gasteiger partial charge >= 0.3 is 0 Å². The summed E-state index contributed by atoms with van der Waals surface area (Å²) in [4.78, 5) is 3.36. The molecule has 4 heteroatoms. The second kappa shape index (κ2) is 7.71. The van der Waals surface area contributed by atoms with Gasteiger partial charge in [-0.05, 0) is 49.1 Å². The first-order valence-electron chi connectivity index (χ1n) is 10.5. The molecule has 0 radical (unpaired) electrons. The predicted molar refractivity (Wildman–Crippen MR) is 123 cm³/mol. The van der Waals surface area contributed by atoms with Crippen molar-refractivity contribution in [2.75, 3.05) is 0 Å². The van der Waals surface area contributed by atoms with E-state index < -0.39 is 0 Å². The molecule has 0 amide bonds. The lowest BCUT2D eigenvalue weighted by Gasteiger charge is -2.06. The first-order valence-corrected chi connectivity index (χ1v) is 10.5. The fourth-order valence-electron chi connectivity index (χ4n) is 4.31. The number of imidazole rings is 1. The number of aromatic amines is 1. The van der Waals surface area contributed by atoms with E-state index in [-0.39, 0.29) is 0 Å². The van der Waals surface area contributed by atoms with Crippen LogP contribution in [0.1, 0.15) is 16.7 Å². The van der Waals surface area contributed by atoms with Gasteiger partial charge in [0.1, 0.15) is 0 Å². The summed E-state index contributed by atoms with van der Waals surface area (Å²) in [6.45, 7) is 3.71. The summed E-state index contributed by atoms with van der Waals surface area (Å²) in [7, 11) is 0. The highest BCUT2D eigenvalue weighted by Gasteiger charge is 2.11. The highest BCUT2D eigenvalue weighted by molar-refractivity contribution is 5.83. The van der Waals surface area contributed by atoms with Crippen molar-refractivity contribution in [2.45, 2.75) is 32.9 Å². The van der Waals surface area contributed by atoms with Gasteiger partial charge in [0.05, 0.1) is 11.0 Å². The molecule has 0 aliphatic heterocycles. The predicted octanol–water partition coefficient (Wildman–Crippen LogP) is 5.20. The van der Waals surface area contributed by atoms with E-state index in [4.69, 9.17) is 5.41 Å². The normalized spacial score (nSPS) is 11.5. The Labute approximate surface area is 175 Å². The molecule has 0 saturated carbocycles. The average Bonchev–Trinajstić information content (AvgIpc) is 3.30. The number of fused-ring (bicyclic) bond motifs is 2. The van der Waals surface area contributed by atoms with Crippen LogP contribution in [-0.2, 0) is 25.9 Å². The van der Waals surface area contributed by atoms with Crippen molar-refractivity contribution in [1.82, 2.24) is 14.1 Å². The molecular formula is C26H26N4. The topological polar surface area (TPSA) is 49.5 Å². The van der Waals surface area contributed by atoms with Crippen molar-refractivity contribution in [1.29, 1.82) is 5.41 Å². The Balaban J connectivity index is 1.44. The van der Waals surface area contributed by atoms with Crippen molar-refractivity contribution < 1.29 is 0 Å². The molecule has 0 saturated heterocycles. The van der Waals surface area contributed by atoms with Crippen molar-refractivity contribution in [3.05, 3.63) is 101 Å². The summed E-state index contributed by atoms with van der Waals surface area (Å²) in [5.41, 5.74) is 7.89. The summed E-state index contributed by atoms with van der Waals surface area (Å²) in [6.07, 6.45) is 3.92. The van der Waals surface area contributed by atoms with Gasteiger partial charge in [0.15, 0.2) is 0 Å². The lowest BCUT2D eigenvalue weighted by molar-refractivity contribution is 0.595. The van der Waals surface area contributed by atoms with E-state index in [0.717, 1.165) is 37.0 Å². The molecular weight excluding hydrogens is 368 g/mol. The Kier molecular flexibility index (Phi) is 4.75. The Bertz CT molecular complexity index is 1370. The van der Waals surface area contributed by atoms with Crippen molar-refractivity contribution in [3.8, 4) is 0 Å². The van der Waals surface area contributed by atoms with E-state index in [1.807, 2.05) is 0 Å². The molecule has 2 aromatic heterocycles. The van der Waals surface area contributed by atoms with Gasteiger partial charge in [-0.1, -0.05) is 60.2 Å². The summed E-state index contributed by atoms with van der Waals surface area (Å²) in [6, 6.07) is 25.5. The van der Waals surface area contributed by atoms with E-state index in [1.165, 1.54) is 27.6 Å². The number of hydrogen-bond acceptors (Lipinski definition) is 1. The third-order valence-electron chi connectivity index (χ3n) is 6.00. The zero-order valence-electron chi connectivity index (χ0n) is 17.2. The van der Waals surface area contributed by atoms with Crippen molar-refractivity contribution in [2.24, 2.45) is 0 Å². The van der Waals surface area contributed by atoms with Crippen molar-refractivity contribution >= 4 is 21.9 Å². The fourth-order valence-corrected chi connectivity index (χ4v) is 4.31. The standard InChI is InChI=1S/C26H26N4/c1-19-10-12-20(13-11-19)14-16-29-24-8-4-5-9-25(24)30(26(29)27)17-15-21-18-28-23-7-3-2-6-22(21)23/h2-13,18,27-28H,14-17H2,1H3. The van der Waals surface area contributed by atoms with Crippen LogP contribution < -0.4 is 5.62 Å². The van der Waals surface area contributed by atoms with Crippen LogP contribution in [0, 0.1) is 12.3 Å². The summed E-state index contributed by atoms with van der Waals surface area (Å²) < 4.78 is 4.29. The summed E-state index contributed by atoms with van der Waals surface area (Å²) in [5, 5.41) is 10.2. The fraction of sp³-hybridized carbons (Fsp3) is 0.192. The molecule has 4 nitrogen and oxygen atoms in total. The van der Waals surface area contributed by atoms with Gasteiger partial charge in [-0.3, -0.25) is 5.41 Å². The highest BCUT2D eigenvalue weighted by atomic mass is 15.2. The Morgan fingerprint density at radius 1 is 0.767 bits per heavy atom. The molecule has 3 aromatic carbocycles. The van der Waals surface area contributed by atoms with Crippen LogP contribution in [0.3, 0.4) is 0 Å². The lowest BCUT2D eigenvalue weighted by Crippen LogP contribution is -2.26. The van der Waals surface area contributed by atoms with Crippen LogP contribution in [0.2, 0.25) is 0 Å². The minimum absolute atomic E-state index is 0.572. The van der Waals surface area contributed by atoms with Crippen LogP contribution >= 0.6 is 0 Å². The molecule has 150 valence electrons. The van der Waals surface area contributed by atoms with Crippen LogP contribution in [-0.4, -0.2) is 14.1 Å².